The molecule has 1 aliphatic heterocycles. The highest BCUT2D eigenvalue weighted by Crippen LogP contribution is 2.36. The molecule has 1 saturated heterocycles. The van der Waals surface area contributed by atoms with Crippen molar-refractivity contribution in [3.8, 4) is 0 Å². The van der Waals surface area contributed by atoms with Crippen LogP contribution in [0.25, 0.3) is 0 Å². The minimum absolute atomic E-state index is 0.0622. The van der Waals surface area contributed by atoms with E-state index in [-0.39, 0.29) is 17.4 Å². The SMILES string of the molecule is CCC[C@@]1(COC)CCCN1C(=O)c1ccc(CNC(C)=O)s1. The number of amides is 2. The lowest BCUT2D eigenvalue weighted by molar-refractivity contribution is -0.119. The second kappa shape index (κ2) is 7.93. The number of hydrogen-bond donors (Lipinski definition) is 1. The maximum absolute atomic E-state index is 13.0. The molecular weight excluding hydrogens is 312 g/mol. The number of thiophene rings is 1. The van der Waals surface area contributed by atoms with Gasteiger partial charge in [-0.25, -0.2) is 0 Å². The molecule has 1 fully saturated rings. The number of carbonyl (C=O) groups is 2. The van der Waals surface area contributed by atoms with Gasteiger partial charge in [-0.15, -0.1) is 11.3 Å². The van der Waals surface area contributed by atoms with E-state index in [1.807, 2.05) is 17.0 Å². The van der Waals surface area contributed by atoms with Crippen molar-refractivity contribution in [1.82, 2.24) is 10.2 Å². The largest absolute Gasteiger partial charge is 0.382 e. The molecule has 6 heteroatoms. The van der Waals surface area contributed by atoms with Crippen LogP contribution in [0.2, 0.25) is 0 Å². The van der Waals surface area contributed by atoms with Crippen LogP contribution < -0.4 is 5.32 Å². The molecule has 1 aromatic rings. The van der Waals surface area contributed by atoms with E-state index < -0.39 is 0 Å². The highest BCUT2D eigenvalue weighted by molar-refractivity contribution is 7.14. The third kappa shape index (κ3) is 4.12. The summed E-state index contributed by atoms with van der Waals surface area (Å²) >= 11 is 1.46. The number of ether oxygens (including phenoxy) is 1. The van der Waals surface area contributed by atoms with Gasteiger partial charge in [0.05, 0.1) is 23.6 Å². The molecule has 23 heavy (non-hydrogen) atoms. The van der Waals surface area contributed by atoms with E-state index in [0.717, 1.165) is 42.0 Å². The molecule has 1 aliphatic rings. The van der Waals surface area contributed by atoms with Crippen molar-refractivity contribution in [2.75, 3.05) is 20.3 Å². The minimum Gasteiger partial charge on any atom is -0.382 e. The Morgan fingerprint density at radius 2 is 2.22 bits per heavy atom. The highest BCUT2D eigenvalue weighted by Gasteiger charge is 2.43. The first-order valence-corrected chi connectivity index (χ1v) is 8.98. The van der Waals surface area contributed by atoms with Crippen LogP contribution in [-0.2, 0) is 16.1 Å². The number of likely N-dealkylation sites (tertiary alicyclic amines) is 1. The molecular formula is C17H26N2O3S. The second-order valence-corrected chi connectivity index (χ2v) is 7.31. The van der Waals surface area contributed by atoms with Crippen LogP contribution in [0.15, 0.2) is 12.1 Å². The van der Waals surface area contributed by atoms with Gasteiger partial charge in [-0.3, -0.25) is 9.59 Å². The Bertz CT molecular complexity index is 550. The number of rotatable bonds is 7. The van der Waals surface area contributed by atoms with Gasteiger partial charge in [-0.1, -0.05) is 13.3 Å². The Kier molecular flexibility index (Phi) is 6.18. The van der Waals surface area contributed by atoms with Crippen molar-refractivity contribution in [3.63, 3.8) is 0 Å². The van der Waals surface area contributed by atoms with Crippen LogP contribution >= 0.6 is 11.3 Å². The predicted octanol–water partition coefficient (Wildman–Crippen LogP) is 2.81. The van der Waals surface area contributed by atoms with Gasteiger partial charge >= 0.3 is 0 Å². The third-order valence-corrected chi connectivity index (χ3v) is 5.43. The first-order valence-electron chi connectivity index (χ1n) is 8.16. The predicted molar refractivity (Wildman–Crippen MR) is 91.6 cm³/mol. The summed E-state index contributed by atoms with van der Waals surface area (Å²) in [5.74, 6) is 0.0277. The Morgan fingerprint density at radius 1 is 1.43 bits per heavy atom. The summed E-state index contributed by atoms with van der Waals surface area (Å²) in [6.07, 6.45) is 4.03. The monoisotopic (exact) mass is 338 g/mol. The highest BCUT2D eigenvalue weighted by atomic mass is 32.1. The van der Waals surface area contributed by atoms with E-state index in [4.69, 9.17) is 4.74 Å². The Labute approximate surface area is 142 Å². The molecule has 2 rings (SSSR count). The minimum atomic E-state index is -0.164. The summed E-state index contributed by atoms with van der Waals surface area (Å²) in [5, 5.41) is 2.77. The average Bonchev–Trinajstić information content (AvgIpc) is 3.12. The molecule has 0 unspecified atom stereocenters. The molecule has 0 spiro atoms. The van der Waals surface area contributed by atoms with Crippen LogP contribution in [0.5, 0.6) is 0 Å². The molecule has 1 aromatic heterocycles. The number of nitrogens with one attached hydrogen (secondary N) is 1. The van der Waals surface area contributed by atoms with Crippen LogP contribution in [0.1, 0.15) is 54.1 Å². The van der Waals surface area contributed by atoms with Gasteiger partial charge in [0, 0.05) is 25.5 Å². The number of nitrogens with zero attached hydrogens (tertiary/aromatic N) is 1. The molecule has 0 bridgehead atoms. The van der Waals surface area contributed by atoms with Gasteiger partial charge in [0.1, 0.15) is 0 Å². The van der Waals surface area contributed by atoms with Crippen molar-refractivity contribution in [2.45, 2.75) is 51.6 Å². The second-order valence-electron chi connectivity index (χ2n) is 6.14. The molecule has 1 atom stereocenters. The van der Waals surface area contributed by atoms with E-state index in [2.05, 4.69) is 12.2 Å². The number of carbonyl (C=O) groups excluding carboxylic acids is 2. The summed E-state index contributed by atoms with van der Waals surface area (Å²) in [7, 11) is 1.70. The quantitative estimate of drug-likeness (QED) is 0.832. The maximum Gasteiger partial charge on any atom is 0.264 e. The average molecular weight is 338 g/mol. The van der Waals surface area contributed by atoms with Crippen molar-refractivity contribution < 1.29 is 14.3 Å². The van der Waals surface area contributed by atoms with E-state index in [1.54, 1.807) is 7.11 Å². The lowest BCUT2D eigenvalue weighted by Gasteiger charge is -2.38. The van der Waals surface area contributed by atoms with Crippen molar-refractivity contribution in [3.05, 3.63) is 21.9 Å². The van der Waals surface area contributed by atoms with Crippen LogP contribution in [0, 0.1) is 0 Å². The number of hydrogen-bond acceptors (Lipinski definition) is 4. The zero-order valence-electron chi connectivity index (χ0n) is 14.2. The standard InChI is InChI=1S/C17H26N2O3S/c1-4-8-17(12-22-3)9-5-10-19(17)16(21)15-7-6-14(23-15)11-18-13(2)20/h6-7H,4-5,8-12H2,1-3H3,(H,18,20)/t17-/m0/s1. The molecule has 1 N–H and O–H groups in total. The Hall–Kier alpha value is -1.40. The normalized spacial score (nSPS) is 20.7. The molecule has 0 radical (unpaired) electrons. The number of methoxy groups -OCH3 is 1. The van der Waals surface area contributed by atoms with Gasteiger partial charge in [0.25, 0.3) is 5.91 Å². The zero-order chi connectivity index (χ0) is 16.9. The smallest absolute Gasteiger partial charge is 0.264 e. The van der Waals surface area contributed by atoms with Crippen LogP contribution in [0.4, 0.5) is 0 Å². The first-order chi connectivity index (χ1) is 11.0. The van der Waals surface area contributed by atoms with Crippen molar-refractivity contribution in [1.29, 1.82) is 0 Å². The van der Waals surface area contributed by atoms with Crippen molar-refractivity contribution >= 4 is 23.2 Å². The third-order valence-electron chi connectivity index (χ3n) is 4.35. The van der Waals surface area contributed by atoms with Gasteiger partial charge in [-0.2, -0.15) is 0 Å². The molecule has 128 valence electrons. The lowest BCUT2D eigenvalue weighted by atomic mass is 9.91. The summed E-state index contributed by atoms with van der Waals surface area (Å²) in [6.45, 7) is 5.51. The van der Waals surface area contributed by atoms with E-state index in [0.29, 0.717) is 13.2 Å². The summed E-state index contributed by atoms with van der Waals surface area (Å²) in [5.41, 5.74) is -0.164. The summed E-state index contributed by atoms with van der Waals surface area (Å²) in [6, 6.07) is 3.79. The molecule has 5 nitrogen and oxygen atoms in total. The van der Waals surface area contributed by atoms with Gasteiger partial charge in [0.15, 0.2) is 0 Å². The summed E-state index contributed by atoms with van der Waals surface area (Å²) < 4.78 is 5.43. The summed E-state index contributed by atoms with van der Waals surface area (Å²) in [4.78, 5) is 27.7. The fourth-order valence-electron chi connectivity index (χ4n) is 3.40. The van der Waals surface area contributed by atoms with Gasteiger partial charge in [0.2, 0.25) is 5.91 Å². The fraction of sp³-hybridized carbons (Fsp3) is 0.647. The van der Waals surface area contributed by atoms with E-state index in [9.17, 15) is 9.59 Å². The van der Waals surface area contributed by atoms with E-state index >= 15 is 0 Å². The molecule has 0 saturated carbocycles. The molecule has 2 heterocycles. The lowest BCUT2D eigenvalue weighted by Crippen LogP contribution is -2.50. The topological polar surface area (TPSA) is 58.6 Å². The molecule has 0 aromatic carbocycles. The maximum atomic E-state index is 13.0. The molecule has 2 amide bonds. The fourth-order valence-corrected chi connectivity index (χ4v) is 4.30. The van der Waals surface area contributed by atoms with Crippen LogP contribution in [0.3, 0.4) is 0 Å². The van der Waals surface area contributed by atoms with Gasteiger partial charge < -0.3 is 15.0 Å². The Balaban J connectivity index is 2.13. The molecule has 0 aliphatic carbocycles. The van der Waals surface area contributed by atoms with Crippen molar-refractivity contribution in [2.24, 2.45) is 0 Å². The van der Waals surface area contributed by atoms with Gasteiger partial charge in [-0.05, 0) is 31.4 Å². The first kappa shape index (κ1) is 17.9. The van der Waals surface area contributed by atoms with E-state index in [1.165, 1.54) is 18.3 Å². The Morgan fingerprint density at radius 3 is 2.87 bits per heavy atom. The zero-order valence-corrected chi connectivity index (χ0v) is 15.0. The van der Waals surface area contributed by atoms with Crippen LogP contribution in [-0.4, -0.2) is 42.5 Å².